The van der Waals surface area contributed by atoms with Gasteiger partial charge in [-0.2, -0.15) is 0 Å². The molecule has 0 aromatic carbocycles. The number of aromatic nitrogens is 1. The molecule has 0 saturated heterocycles. The van der Waals surface area contributed by atoms with E-state index in [9.17, 15) is 0 Å². The smallest absolute Gasteiger partial charge is 0.128 e. The van der Waals surface area contributed by atoms with Crippen molar-refractivity contribution in [3.8, 4) is 0 Å². The van der Waals surface area contributed by atoms with Crippen molar-refractivity contribution < 1.29 is 0 Å². The van der Waals surface area contributed by atoms with Crippen LogP contribution in [0.1, 0.15) is 36.9 Å². The van der Waals surface area contributed by atoms with Crippen LogP contribution in [0.4, 0.5) is 5.82 Å². The highest BCUT2D eigenvalue weighted by Gasteiger charge is 2.44. The predicted molar refractivity (Wildman–Crippen MR) is 57.7 cm³/mol. The Kier molecular flexibility index (Phi) is 2.00. The van der Waals surface area contributed by atoms with Crippen molar-refractivity contribution in [2.75, 3.05) is 5.73 Å². The Bertz CT molecular complexity index is 335. The number of aryl methyl sites for hydroxylation is 1. The van der Waals surface area contributed by atoms with Crippen LogP contribution in [0, 0.1) is 12.3 Å². The highest BCUT2D eigenvalue weighted by atomic mass is 14.9. The molecule has 0 spiro atoms. The van der Waals surface area contributed by atoms with Gasteiger partial charge in [-0.25, -0.2) is 4.98 Å². The lowest BCUT2D eigenvalue weighted by Crippen LogP contribution is -2.22. The summed E-state index contributed by atoms with van der Waals surface area (Å²) in [6, 6.07) is 2.01. The molecule has 14 heavy (non-hydrogen) atoms. The molecule has 0 radical (unpaired) electrons. The Morgan fingerprint density at radius 3 is 2.64 bits per heavy atom. The van der Waals surface area contributed by atoms with E-state index in [1.807, 2.05) is 13.0 Å². The lowest BCUT2D eigenvalue weighted by molar-refractivity contribution is 0.449. The van der Waals surface area contributed by atoms with Gasteiger partial charge >= 0.3 is 0 Å². The molecule has 0 amide bonds. The van der Waals surface area contributed by atoms with Gasteiger partial charge in [0.1, 0.15) is 5.82 Å². The summed E-state index contributed by atoms with van der Waals surface area (Å²) in [6.45, 7) is 4.25. The molecule has 0 bridgehead atoms. The van der Waals surface area contributed by atoms with Crippen LogP contribution in [-0.2, 0) is 0 Å². The maximum Gasteiger partial charge on any atom is 0.128 e. The van der Waals surface area contributed by atoms with Crippen LogP contribution in [0.2, 0.25) is 0 Å². The van der Waals surface area contributed by atoms with Gasteiger partial charge in [-0.05, 0) is 36.8 Å². The van der Waals surface area contributed by atoms with Crippen molar-refractivity contribution in [1.82, 2.24) is 4.98 Å². The molecule has 1 unspecified atom stereocenters. The third-order valence-electron chi connectivity index (χ3n) is 3.34. The number of pyridine rings is 1. The normalized spacial score (nSPS) is 20.5. The summed E-state index contributed by atoms with van der Waals surface area (Å²) < 4.78 is 0. The zero-order valence-corrected chi connectivity index (χ0v) is 8.75. The molecule has 3 nitrogen and oxygen atoms in total. The number of hydrogen-bond acceptors (Lipinski definition) is 3. The van der Waals surface area contributed by atoms with Crippen molar-refractivity contribution in [3.05, 3.63) is 23.4 Å². The van der Waals surface area contributed by atoms with E-state index in [1.165, 1.54) is 12.8 Å². The van der Waals surface area contributed by atoms with Gasteiger partial charge in [0.2, 0.25) is 0 Å². The summed E-state index contributed by atoms with van der Waals surface area (Å²) in [7, 11) is 0. The largest absolute Gasteiger partial charge is 0.383 e. The fourth-order valence-corrected chi connectivity index (χ4v) is 1.85. The zero-order valence-electron chi connectivity index (χ0n) is 8.75. The molecular formula is C11H17N3. The summed E-state index contributed by atoms with van der Waals surface area (Å²) >= 11 is 0. The van der Waals surface area contributed by atoms with Crippen molar-refractivity contribution in [1.29, 1.82) is 0 Å². The lowest BCUT2D eigenvalue weighted by atomic mass is 9.90. The van der Waals surface area contributed by atoms with Gasteiger partial charge in [0.15, 0.2) is 0 Å². The molecule has 0 aliphatic heterocycles. The molecule has 1 aromatic rings. The van der Waals surface area contributed by atoms with Crippen LogP contribution in [0.15, 0.2) is 12.3 Å². The van der Waals surface area contributed by atoms with Crippen LogP contribution in [-0.4, -0.2) is 4.98 Å². The summed E-state index contributed by atoms with van der Waals surface area (Å²) in [6.07, 6.45) is 4.12. The molecule has 1 fully saturated rings. The summed E-state index contributed by atoms with van der Waals surface area (Å²) in [5.74, 6) is 0.589. The predicted octanol–water partition coefficient (Wildman–Crippen LogP) is 1.77. The van der Waals surface area contributed by atoms with Gasteiger partial charge in [0.05, 0.1) is 0 Å². The number of rotatable bonds is 2. The second-order valence-electron chi connectivity index (χ2n) is 4.56. The van der Waals surface area contributed by atoms with Crippen LogP contribution < -0.4 is 11.5 Å². The fraction of sp³-hybridized carbons (Fsp3) is 0.545. The molecule has 4 N–H and O–H groups in total. The number of nitrogens with two attached hydrogens (primary N) is 2. The molecular weight excluding hydrogens is 174 g/mol. The molecule has 1 aliphatic rings. The molecule has 1 heterocycles. The van der Waals surface area contributed by atoms with Crippen LogP contribution in [0.5, 0.6) is 0 Å². The lowest BCUT2D eigenvalue weighted by Gasteiger charge is -2.22. The van der Waals surface area contributed by atoms with E-state index in [-0.39, 0.29) is 11.5 Å². The Morgan fingerprint density at radius 1 is 1.50 bits per heavy atom. The number of nitrogen functional groups attached to an aromatic ring is 1. The molecule has 1 aliphatic carbocycles. The molecule has 1 atom stereocenters. The van der Waals surface area contributed by atoms with E-state index >= 15 is 0 Å². The maximum absolute atomic E-state index is 6.22. The Labute approximate surface area is 84.5 Å². The van der Waals surface area contributed by atoms with E-state index in [0.29, 0.717) is 5.82 Å². The first-order valence-corrected chi connectivity index (χ1v) is 5.01. The average Bonchev–Trinajstić information content (AvgIpc) is 2.84. The highest BCUT2D eigenvalue weighted by Crippen LogP contribution is 2.54. The third-order valence-corrected chi connectivity index (χ3v) is 3.34. The number of hydrogen-bond donors (Lipinski definition) is 2. The second-order valence-corrected chi connectivity index (χ2v) is 4.56. The average molecular weight is 191 g/mol. The minimum absolute atomic E-state index is 0.0381. The van der Waals surface area contributed by atoms with Gasteiger partial charge in [-0.3, -0.25) is 0 Å². The Hall–Kier alpha value is -1.09. The van der Waals surface area contributed by atoms with Crippen LogP contribution >= 0.6 is 0 Å². The summed E-state index contributed by atoms with van der Waals surface area (Å²) in [5.41, 5.74) is 14.5. The van der Waals surface area contributed by atoms with Crippen molar-refractivity contribution >= 4 is 5.82 Å². The standard InChI is InChI=1S/C11H17N3/c1-7-3-6-14-10(13)8(7)9(12)11(2)4-5-11/h3,6,9H,4-5,12H2,1-2H3,(H2,13,14). The summed E-state index contributed by atoms with van der Waals surface area (Å²) in [4.78, 5) is 4.10. The fourth-order valence-electron chi connectivity index (χ4n) is 1.85. The van der Waals surface area contributed by atoms with Crippen molar-refractivity contribution in [2.45, 2.75) is 32.7 Å². The Morgan fingerprint density at radius 2 is 2.14 bits per heavy atom. The maximum atomic E-state index is 6.22. The molecule has 3 heteroatoms. The number of nitrogens with zero attached hydrogens (tertiary/aromatic N) is 1. The quantitative estimate of drug-likeness (QED) is 0.748. The van der Waals surface area contributed by atoms with Crippen LogP contribution in [0.3, 0.4) is 0 Å². The van der Waals surface area contributed by atoms with E-state index in [4.69, 9.17) is 11.5 Å². The highest BCUT2D eigenvalue weighted by molar-refractivity contribution is 5.47. The first-order valence-electron chi connectivity index (χ1n) is 5.01. The van der Waals surface area contributed by atoms with Gasteiger partial charge in [0.25, 0.3) is 0 Å². The van der Waals surface area contributed by atoms with E-state index in [2.05, 4.69) is 11.9 Å². The SMILES string of the molecule is Cc1ccnc(N)c1C(N)C1(C)CC1. The van der Waals surface area contributed by atoms with E-state index < -0.39 is 0 Å². The van der Waals surface area contributed by atoms with Crippen LogP contribution in [0.25, 0.3) is 0 Å². The Balaban J connectivity index is 2.40. The number of anilines is 1. The minimum Gasteiger partial charge on any atom is -0.383 e. The molecule has 1 aromatic heterocycles. The van der Waals surface area contributed by atoms with E-state index in [0.717, 1.165) is 11.1 Å². The van der Waals surface area contributed by atoms with Gasteiger partial charge in [0, 0.05) is 17.8 Å². The van der Waals surface area contributed by atoms with Crippen molar-refractivity contribution in [3.63, 3.8) is 0 Å². The second kappa shape index (κ2) is 2.95. The molecule has 76 valence electrons. The van der Waals surface area contributed by atoms with E-state index in [1.54, 1.807) is 6.20 Å². The topological polar surface area (TPSA) is 64.9 Å². The van der Waals surface area contributed by atoms with Gasteiger partial charge in [-0.15, -0.1) is 0 Å². The first-order chi connectivity index (χ1) is 6.54. The van der Waals surface area contributed by atoms with Gasteiger partial charge in [-0.1, -0.05) is 6.92 Å². The monoisotopic (exact) mass is 191 g/mol. The van der Waals surface area contributed by atoms with Gasteiger partial charge < -0.3 is 11.5 Å². The third kappa shape index (κ3) is 1.38. The molecule has 2 rings (SSSR count). The van der Waals surface area contributed by atoms with Crippen molar-refractivity contribution in [2.24, 2.45) is 11.1 Å². The zero-order chi connectivity index (χ0) is 10.3. The first kappa shape index (κ1) is 9.46. The summed E-state index contributed by atoms with van der Waals surface area (Å²) in [5, 5.41) is 0. The minimum atomic E-state index is 0.0381. The molecule has 1 saturated carbocycles.